The zero-order chi connectivity index (χ0) is 13.0. The number of aliphatic carboxylic acids is 1. The van der Waals surface area contributed by atoms with E-state index in [0.29, 0.717) is 6.42 Å². The van der Waals surface area contributed by atoms with E-state index >= 15 is 0 Å². The molecule has 4 heteroatoms. The second kappa shape index (κ2) is 5.64. The van der Waals surface area contributed by atoms with Gasteiger partial charge in [0.05, 0.1) is 12.0 Å². The molecule has 0 saturated heterocycles. The van der Waals surface area contributed by atoms with Gasteiger partial charge in [0.15, 0.2) is 0 Å². The van der Waals surface area contributed by atoms with Crippen molar-refractivity contribution < 1.29 is 14.6 Å². The molecule has 96 valence electrons. The Morgan fingerprint density at radius 3 is 2.25 bits per heavy atom. The van der Waals surface area contributed by atoms with E-state index in [4.69, 9.17) is 15.6 Å². The number of ether oxygens (including phenoxy) is 1. The van der Waals surface area contributed by atoms with E-state index in [-0.39, 0.29) is 18.1 Å². The second-order valence-electron chi connectivity index (χ2n) is 5.38. The highest BCUT2D eigenvalue weighted by Gasteiger charge is 2.38. The third-order valence-electron chi connectivity index (χ3n) is 3.27. The molecule has 0 heterocycles. The van der Waals surface area contributed by atoms with Crippen molar-refractivity contribution >= 4 is 5.97 Å². The fourth-order valence-electron chi connectivity index (χ4n) is 2.21. The lowest BCUT2D eigenvalue weighted by Crippen LogP contribution is -2.45. The van der Waals surface area contributed by atoms with Gasteiger partial charge >= 0.3 is 5.97 Å². The minimum Gasteiger partial charge on any atom is -0.481 e. The summed E-state index contributed by atoms with van der Waals surface area (Å²) in [5.74, 6) is -0.807. The summed E-state index contributed by atoms with van der Waals surface area (Å²) < 4.78 is 5.36. The minimum absolute atomic E-state index is 0.0782. The van der Waals surface area contributed by atoms with Crippen molar-refractivity contribution in [2.24, 2.45) is 11.1 Å². The van der Waals surface area contributed by atoms with Crippen LogP contribution in [0.3, 0.4) is 0 Å². The van der Waals surface area contributed by atoms with E-state index in [1.54, 1.807) is 7.11 Å². The fraction of sp³-hybridized carbons (Fsp3) is 0.917. The maximum atomic E-state index is 10.9. The molecule has 2 atom stereocenters. The van der Waals surface area contributed by atoms with Crippen molar-refractivity contribution in [1.82, 2.24) is 0 Å². The Morgan fingerprint density at radius 2 is 1.94 bits per heavy atom. The molecule has 0 aromatic rings. The number of hydrogen-bond donors (Lipinski definition) is 2. The summed E-state index contributed by atoms with van der Waals surface area (Å²) in [6.07, 6.45) is 1.48. The Balaban J connectivity index is 4.86. The van der Waals surface area contributed by atoms with Crippen molar-refractivity contribution in [3.05, 3.63) is 0 Å². The molecule has 0 aliphatic carbocycles. The average molecular weight is 231 g/mol. The highest BCUT2D eigenvalue weighted by Crippen LogP contribution is 2.36. The molecule has 0 amide bonds. The molecule has 0 aromatic carbocycles. The number of carbonyl (C=O) groups is 1. The van der Waals surface area contributed by atoms with Gasteiger partial charge in [0.2, 0.25) is 0 Å². The van der Waals surface area contributed by atoms with E-state index in [9.17, 15) is 4.79 Å². The van der Waals surface area contributed by atoms with Crippen molar-refractivity contribution in [2.75, 3.05) is 7.11 Å². The minimum atomic E-state index is -0.807. The molecule has 0 aliphatic heterocycles. The lowest BCUT2D eigenvalue weighted by molar-refractivity contribution is -0.141. The third kappa shape index (κ3) is 4.49. The summed E-state index contributed by atoms with van der Waals surface area (Å²) in [5.41, 5.74) is 5.26. The average Bonchev–Trinajstić information content (AvgIpc) is 2.14. The van der Waals surface area contributed by atoms with E-state index < -0.39 is 11.4 Å². The van der Waals surface area contributed by atoms with Gasteiger partial charge in [-0.15, -0.1) is 0 Å². The number of rotatable bonds is 7. The molecule has 0 aromatic heterocycles. The summed E-state index contributed by atoms with van der Waals surface area (Å²) in [7, 11) is 1.64. The van der Waals surface area contributed by atoms with Gasteiger partial charge in [0.25, 0.3) is 0 Å². The monoisotopic (exact) mass is 231 g/mol. The first-order valence-corrected chi connectivity index (χ1v) is 5.69. The van der Waals surface area contributed by atoms with E-state index in [1.165, 1.54) is 0 Å². The lowest BCUT2D eigenvalue weighted by atomic mass is 9.71. The predicted molar refractivity (Wildman–Crippen MR) is 64.3 cm³/mol. The molecule has 0 fully saturated rings. The van der Waals surface area contributed by atoms with E-state index in [2.05, 4.69) is 0 Å². The highest BCUT2D eigenvalue weighted by molar-refractivity contribution is 5.67. The predicted octanol–water partition coefficient (Wildman–Crippen LogP) is 2.02. The van der Waals surface area contributed by atoms with Crippen LogP contribution in [0.2, 0.25) is 0 Å². The van der Waals surface area contributed by atoms with Gasteiger partial charge in [-0.1, -0.05) is 13.8 Å². The van der Waals surface area contributed by atoms with Gasteiger partial charge < -0.3 is 15.6 Å². The van der Waals surface area contributed by atoms with Gasteiger partial charge in [-0.05, 0) is 32.1 Å². The van der Waals surface area contributed by atoms with Crippen LogP contribution in [0.4, 0.5) is 0 Å². The number of carboxylic acid groups (broad SMARTS) is 1. The Kier molecular flexibility index (Phi) is 5.42. The third-order valence-corrected chi connectivity index (χ3v) is 3.27. The Hall–Kier alpha value is -0.610. The van der Waals surface area contributed by atoms with Crippen molar-refractivity contribution in [1.29, 1.82) is 0 Å². The summed E-state index contributed by atoms with van der Waals surface area (Å²) in [6.45, 7) is 7.81. The number of carboxylic acids is 1. The quantitative estimate of drug-likeness (QED) is 0.703. The first-order chi connectivity index (χ1) is 7.17. The van der Waals surface area contributed by atoms with Gasteiger partial charge in [-0.25, -0.2) is 0 Å². The summed E-state index contributed by atoms with van der Waals surface area (Å²) in [5, 5.41) is 8.97. The highest BCUT2D eigenvalue weighted by atomic mass is 16.5. The summed E-state index contributed by atoms with van der Waals surface area (Å²) in [4.78, 5) is 10.9. The zero-order valence-electron chi connectivity index (χ0n) is 11.0. The van der Waals surface area contributed by atoms with Gasteiger partial charge in [0.1, 0.15) is 0 Å². The van der Waals surface area contributed by atoms with Crippen LogP contribution in [-0.4, -0.2) is 29.8 Å². The molecule has 0 spiro atoms. The van der Waals surface area contributed by atoms with E-state index in [0.717, 1.165) is 6.42 Å². The van der Waals surface area contributed by atoms with Crippen LogP contribution in [0.1, 0.15) is 47.0 Å². The maximum absolute atomic E-state index is 10.9. The molecular weight excluding hydrogens is 206 g/mol. The second-order valence-corrected chi connectivity index (χ2v) is 5.38. The SMILES string of the molecule is CCC(N)C(C)(CC(=O)O)CC(C)(C)OC. The van der Waals surface area contributed by atoms with E-state index in [1.807, 2.05) is 27.7 Å². The van der Waals surface area contributed by atoms with Gasteiger partial charge in [-0.3, -0.25) is 4.79 Å². The maximum Gasteiger partial charge on any atom is 0.303 e. The molecule has 0 aliphatic rings. The van der Waals surface area contributed by atoms with Crippen LogP contribution in [-0.2, 0) is 9.53 Å². The van der Waals surface area contributed by atoms with Gasteiger partial charge in [-0.2, -0.15) is 0 Å². The smallest absolute Gasteiger partial charge is 0.303 e. The van der Waals surface area contributed by atoms with Crippen molar-refractivity contribution in [2.45, 2.75) is 58.6 Å². The Labute approximate surface area is 98.2 Å². The van der Waals surface area contributed by atoms with Crippen molar-refractivity contribution in [3.63, 3.8) is 0 Å². The van der Waals surface area contributed by atoms with Crippen LogP contribution in [0.5, 0.6) is 0 Å². The zero-order valence-corrected chi connectivity index (χ0v) is 11.0. The standard InChI is InChI=1S/C12H25NO3/c1-6-9(13)12(4,7-10(14)15)8-11(2,3)16-5/h9H,6-8,13H2,1-5H3,(H,14,15). The largest absolute Gasteiger partial charge is 0.481 e. The Morgan fingerprint density at radius 1 is 1.44 bits per heavy atom. The van der Waals surface area contributed by atoms with Crippen LogP contribution in [0.25, 0.3) is 0 Å². The first kappa shape index (κ1) is 15.4. The molecule has 16 heavy (non-hydrogen) atoms. The van der Waals surface area contributed by atoms with Gasteiger partial charge in [0, 0.05) is 13.2 Å². The Bertz CT molecular complexity index is 240. The fourth-order valence-corrected chi connectivity index (χ4v) is 2.21. The molecule has 0 radical (unpaired) electrons. The lowest BCUT2D eigenvalue weighted by Gasteiger charge is -2.39. The molecule has 0 rings (SSSR count). The first-order valence-electron chi connectivity index (χ1n) is 5.69. The molecule has 4 nitrogen and oxygen atoms in total. The summed E-state index contributed by atoms with van der Waals surface area (Å²) in [6, 6.07) is -0.127. The topological polar surface area (TPSA) is 72.6 Å². The number of hydrogen-bond acceptors (Lipinski definition) is 3. The molecule has 0 bridgehead atoms. The summed E-state index contributed by atoms with van der Waals surface area (Å²) >= 11 is 0. The van der Waals surface area contributed by atoms with Crippen molar-refractivity contribution in [3.8, 4) is 0 Å². The molecule has 3 N–H and O–H groups in total. The molecular formula is C12H25NO3. The van der Waals surface area contributed by atoms with Crippen LogP contribution in [0, 0.1) is 5.41 Å². The molecule has 2 unspecified atom stereocenters. The normalized spacial score (nSPS) is 17.9. The van der Waals surface area contributed by atoms with Crippen LogP contribution >= 0.6 is 0 Å². The molecule has 0 saturated carbocycles. The number of nitrogens with two attached hydrogens (primary N) is 1. The van der Waals surface area contributed by atoms with Crippen LogP contribution < -0.4 is 5.73 Å². The number of methoxy groups -OCH3 is 1. The van der Waals surface area contributed by atoms with Crippen LogP contribution in [0.15, 0.2) is 0 Å².